The number of hydrogen-bond donors (Lipinski definition) is 1. The van der Waals surface area contributed by atoms with Crippen LogP contribution >= 0.6 is 0 Å². The Labute approximate surface area is 158 Å². The van der Waals surface area contributed by atoms with Crippen molar-refractivity contribution in [1.82, 2.24) is 4.90 Å². The molecule has 26 heavy (non-hydrogen) atoms. The van der Waals surface area contributed by atoms with Gasteiger partial charge in [-0.3, -0.25) is 4.79 Å². The summed E-state index contributed by atoms with van der Waals surface area (Å²) < 4.78 is 0. The zero-order valence-corrected chi connectivity index (χ0v) is 16.5. The minimum Gasteiger partial charge on any atom is -0.510 e. The van der Waals surface area contributed by atoms with Crippen molar-refractivity contribution in [2.24, 2.45) is 5.92 Å². The fourth-order valence-electron chi connectivity index (χ4n) is 4.20. The second kappa shape index (κ2) is 8.28. The van der Waals surface area contributed by atoms with Crippen molar-refractivity contribution in [2.75, 3.05) is 6.54 Å². The highest BCUT2D eigenvalue weighted by atomic mass is 16.3. The van der Waals surface area contributed by atoms with E-state index in [1.807, 2.05) is 4.90 Å². The number of hydrogen-bond acceptors (Lipinski definition) is 2. The first-order valence-electron chi connectivity index (χ1n) is 10.3. The SMILES string of the molecule is CCCc1ccc(C2CCN([C@H](CC(C)C)C(O)=C3CCC3)C2=O)cc1. The molecule has 1 amide bonds. The third-order valence-electron chi connectivity index (χ3n) is 5.87. The van der Waals surface area contributed by atoms with Gasteiger partial charge >= 0.3 is 0 Å². The van der Waals surface area contributed by atoms with Crippen LogP contribution in [0.15, 0.2) is 35.6 Å². The summed E-state index contributed by atoms with van der Waals surface area (Å²) in [5, 5.41) is 10.8. The molecule has 2 atom stereocenters. The van der Waals surface area contributed by atoms with Gasteiger partial charge in [0.1, 0.15) is 5.76 Å². The van der Waals surface area contributed by atoms with E-state index in [1.165, 1.54) is 5.56 Å². The molecule has 2 aliphatic rings. The molecule has 3 heteroatoms. The Balaban J connectivity index is 1.77. The maximum absolute atomic E-state index is 13.2. The molecule has 1 saturated heterocycles. The zero-order chi connectivity index (χ0) is 18.7. The molecule has 142 valence electrons. The Morgan fingerprint density at radius 2 is 1.92 bits per heavy atom. The topological polar surface area (TPSA) is 40.5 Å². The minimum atomic E-state index is -0.137. The van der Waals surface area contributed by atoms with Gasteiger partial charge in [0.2, 0.25) is 5.91 Å². The quantitative estimate of drug-likeness (QED) is 0.668. The highest BCUT2D eigenvalue weighted by Gasteiger charge is 2.39. The number of aliphatic hydroxyl groups is 1. The number of aliphatic hydroxyl groups excluding tert-OH is 1. The first-order valence-corrected chi connectivity index (χ1v) is 10.3. The Bertz CT molecular complexity index is 653. The Morgan fingerprint density at radius 1 is 1.23 bits per heavy atom. The van der Waals surface area contributed by atoms with Gasteiger partial charge in [-0.25, -0.2) is 0 Å². The smallest absolute Gasteiger partial charge is 0.230 e. The van der Waals surface area contributed by atoms with E-state index < -0.39 is 0 Å². The average molecular weight is 356 g/mol. The van der Waals surface area contributed by atoms with Crippen molar-refractivity contribution < 1.29 is 9.90 Å². The number of likely N-dealkylation sites (tertiary alicyclic amines) is 1. The molecular formula is C23H33NO2. The summed E-state index contributed by atoms with van der Waals surface area (Å²) in [6.07, 6.45) is 7.06. The number of allylic oxidation sites excluding steroid dienone is 1. The monoisotopic (exact) mass is 355 g/mol. The van der Waals surface area contributed by atoms with Crippen LogP contribution in [0.25, 0.3) is 0 Å². The predicted octanol–water partition coefficient (Wildman–Crippen LogP) is 5.37. The minimum absolute atomic E-state index is 0.0560. The van der Waals surface area contributed by atoms with Crippen molar-refractivity contribution in [3.05, 3.63) is 46.7 Å². The molecule has 3 nitrogen and oxygen atoms in total. The van der Waals surface area contributed by atoms with Crippen LogP contribution in [0, 0.1) is 5.92 Å². The lowest BCUT2D eigenvalue weighted by molar-refractivity contribution is -0.131. The van der Waals surface area contributed by atoms with Gasteiger partial charge in [0, 0.05) is 6.54 Å². The van der Waals surface area contributed by atoms with Crippen molar-refractivity contribution >= 4 is 5.91 Å². The first-order chi connectivity index (χ1) is 12.5. The molecule has 1 aromatic carbocycles. The van der Waals surface area contributed by atoms with Crippen LogP contribution in [-0.2, 0) is 11.2 Å². The van der Waals surface area contributed by atoms with Crippen LogP contribution in [0.4, 0.5) is 0 Å². The molecule has 0 spiro atoms. The lowest BCUT2D eigenvalue weighted by atomic mass is 9.87. The van der Waals surface area contributed by atoms with Crippen molar-refractivity contribution in [3.8, 4) is 0 Å². The first kappa shape index (κ1) is 19.0. The predicted molar refractivity (Wildman–Crippen MR) is 106 cm³/mol. The molecule has 0 aromatic heterocycles. The van der Waals surface area contributed by atoms with Crippen LogP contribution < -0.4 is 0 Å². The van der Waals surface area contributed by atoms with Gasteiger partial charge in [0.25, 0.3) is 0 Å². The Kier molecular flexibility index (Phi) is 6.05. The van der Waals surface area contributed by atoms with Crippen molar-refractivity contribution in [3.63, 3.8) is 0 Å². The number of benzene rings is 1. The molecule has 1 N–H and O–H groups in total. The van der Waals surface area contributed by atoms with E-state index in [1.54, 1.807) is 0 Å². The standard InChI is InChI=1S/C23H33NO2/c1-4-6-17-9-11-18(12-10-17)20-13-14-24(23(20)26)21(15-16(2)3)22(25)19-7-5-8-19/h9-12,16,20-21,25H,4-8,13-15H2,1-3H3/t20?,21-/m1/s1. The third-order valence-corrected chi connectivity index (χ3v) is 5.87. The fourth-order valence-corrected chi connectivity index (χ4v) is 4.20. The van der Waals surface area contributed by atoms with Crippen LogP contribution in [0.3, 0.4) is 0 Å². The van der Waals surface area contributed by atoms with E-state index in [2.05, 4.69) is 45.0 Å². The number of aryl methyl sites for hydroxylation is 1. The lowest BCUT2D eigenvalue weighted by Crippen LogP contribution is -2.40. The molecule has 2 fully saturated rings. The van der Waals surface area contributed by atoms with Crippen LogP contribution in [-0.4, -0.2) is 28.5 Å². The van der Waals surface area contributed by atoms with E-state index in [9.17, 15) is 9.90 Å². The van der Waals surface area contributed by atoms with Crippen LogP contribution in [0.5, 0.6) is 0 Å². The second-order valence-electron chi connectivity index (χ2n) is 8.35. The van der Waals surface area contributed by atoms with Crippen molar-refractivity contribution in [2.45, 2.75) is 77.7 Å². The highest BCUT2D eigenvalue weighted by molar-refractivity contribution is 5.86. The summed E-state index contributed by atoms with van der Waals surface area (Å²) >= 11 is 0. The Morgan fingerprint density at radius 3 is 2.46 bits per heavy atom. The summed E-state index contributed by atoms with van der Waals surface area (Å²) in [4.78, 5) is 15.1. The van der Waals surface area contributed by atoms with Gasteiger partial charge in [0.05, 0.1) is 12.0 Å². The van der Waals surface area contributed by atoms with E-state index in [0.717, 1.165) is 62.6 Å². The molecule has 3 rings (SSSR count). The van der Waals surface area contributed by atoms with Gasteiger partial charge in [0.15, 0.2) is 0 Å². The number of amides is 1. The number of carbonyl (C=O) groups is 1. The molecule has 1 heterocycles. The molecule has 1 unspecified atom stereocenters. The van der Waals surface area contributed by atoms with Crippen molar-refractivity contribution in [1.29, 1.82) is 0 Å². The molecule has 1 saturated carbocycles. The molecule has 0 bridgehead atoms. The lowest BCUT2D eigenvalue weighted by Gasteiger charge is -2.32. The van der Waals surface area contributed by atoms with Gasteiger partial charge in [-0.1, -0.05) is 51.5 Å². The molecule has 0 radical (unpaired) electrons. The maximum Gasteiger partial charge on any atom is 0.230 e. The third kappa shape index (κ3) is 3.97. The normalized spacial score (nSPS) is 21.2. The Hall–Kier alpha value is -1.77. The second-order valence-corrected chi connectivity index (χ2v) is 8.35. The average Bonchev–Trinajstić information content (AvgIpc) is 2.93. The molecular weight excluding hydrogens is 322 g/mol. The van der Waals surface area contributed by atoms with Gasteiger partial charge in [-0.2, -0.15) is 0 Å². The summed E-state index contributed by atoms with van der Waals surface area (Å²) in [7, 11) is 0. The van der Waals surface area contributed by atoms with Gasteiger partial charge in [-0.05, 0) is 61.1 Å². The van der Waals surface area contributed by atoms with Crippen LogP contribution in [0.2, 0.25) is 0 Å². The van der Waals surface area contributed by atoms with Gasteiger partial charge in [-0.15, -0.1) is 0 Å². The number of nitrogens with zero attached hydrogens (tertiary/aromatic N) is 1. The maximum atomic E-state index is 13.2. The molecule has 1 aliphatic carbocycles. The summed E-state index contributed by atoms with van der Waals surface area (Å²) in [6, 6.07) is 8.43. The number of carbonyl (C=O) groups excluding carboxylic acids is 1. The largest absolute Gasteiger partial charge is 0.510 e. The molecule has 1 aliphatic heterocycles. The number of rotatable bonds is 7. The zero-order valence-electron chi connectivity index (χ0n) is 16.5. The summed E-state index contributed by atoms with van der Waals surface area (Å²) in [5.41, 5.74) is 3.62. The summed E-state index contributed by atoms with van der Waals surface area (Å²) in [5.74, 6) is 1.06. The van der Waals surface area contributed by atoms with E-state index >= 15 is 0 Å². The molecule has 1 aromatic rings. The van der Waals surface area contributed by atoms with Gasteiger partial charge < -0.3 is 10.0 Å². The van der Waals surface area contributed by atoms with E-state index in [0.29, 0.717) is 11.7 Å². The van der Waals surface area contributed by atoms with Crippen LogP contribution in [0.1, 0.15) is 76.3 Å². The highest BCUT2D eigenvalue weighted by Crippen LogP contribution is 2.36. The van der Waals surface area contributed by atoms with E-state index in [-0.39, 0.29) is 17.9 Å². The van der Waals surface area contributed by atoms with E-state index in [4.69, 9.17) is 0 Å². The fraction of sp³-hybridized carbons (Fsp3) is 0.609. The summed E-state index contributed by atoms with van der Waals surface area (Å²) in [6.45, 7) is 7.26.